The number of hydrogen-bond donors (Lipinski definition) is 1. The maximum Gasteiger partial charge on any atom is 0.192 e. The Morgan fingerprint density at radius 2 is 1.90 bits per heavy atom. The third-order valence-electron chi connectivity index (χ3n) is 3.81. The van der Waals surface area contributed by atoms with E-state index in [2.05, 4.69) is 11.9 Å². The highest BCUT2D eigenvalue weighted by Crippen LogP contribution is 2.18. The first-order valence-electron chi connectivity index (χ1n) is 7.44. The number of aryl methyl sites for hydroxylation is 1. The van der Waals surface area contributed by atoms with Crippen molar-refractivity contribution in [2.75, 3.05) is 0 Å². The molecule has 1 aromatic heterocycles. The van der Waals surface area contributed by atoms with Crippen molar-refractivity contribution in [2.24, 2.45) is 0 Å². The zero-order valence-corrected chi connectivity index (χ0v) is 13.0. The Morgan fingerprint density at radius 1 is 1.15 bits per heavy atom. The molecule has 0 bridgehead atoms. The van der Waals surface area contributed by atoms with Gasteiger partial charge in [0.1, 0.15) is 0 Å². The van der Waals surface area contributed by atoms with Crippen LogP contribution in [0.4, 0.5) is 0 Å². The highest BCUT2D eigenvalue weighted by atomic mass is 35.5. The number of rotatable bonds is 6. The number of aromatic amines is 1. The molecule has 2 rings (SSSR count). The van der Waals surface area contributed by atoms with Gasteiger partial charge in [-0.2, -0.15) is 0 Å². The van der Waals surface area contributed by atoms with Crippen LogP contribution in [0.2, 0.25) is 5.02 Å². The minimum atomic E-state index is 0.134. The van der Waals surface area contributed by atoms with Crippen LogP contribution in [-0.2, 0) is 6.42 Å². The van der Waals surface area contributed by atoms with E-state index in [9.17, 15) is 4.79 Å². The topological polar surface area (TPSA) is 32.9 Å². The standard InChI is InChI=1S/C17H22ClNO/c1-3-4-5-6-7-8-14-12(2)19-16-10-9-13(18)11-15(16)17(14)20/h9-11H,3-8H2,1-2H3,(H,19,20). The number of unbranched alkanes of at least 4 members (excludes halogenated alkanes) is 4. The fourth-order valence-electron chi connectivity index (χ4n) is 2.63. The average Bonchev–Trinajstić information content (AvgIpc) is 2.43. The maximum atomic E-state index is 12.5. The smallest absolute Gasteiger partial charge is 0.192 e. The summed E-state index contributed by atoms with van der Waals surface area (Å²) < 4.78 is 0. The van der Waals surface area contributed by atoms with Gasteiger partial charge in [0.2, 0.25) is 0 Å². The minimum Gasteiger partial charge on any atom is -0.358 e. The van der Waals surface area contributed by atoms with Crippen molar-refractivity contribution in [3.8, 4) is 0 Å². The van der Waals surface area contributed by atoms with Crippen LogP contribution >= 0.6 is 11.6 Å². The second kappa shape index (κ2) is 6.94. The maximum absolute atomic E-state index is 12.5. The van der Waals surface area contributed by atoms with Crippen LogP contribution in [0.25, 0.3) is 10.9 Å². The monoisotopic (exact) mass is 291 g/mol. The molecule has 0 saturated heterocycles. The number of H-pyrrole nitrogens is 1. The number of hydrogen-bond acceptors (Lipinski definition) is 1. The van der Waals surface area contributed by atoms with Crippen molar-refractivity contribution in [1.82, 2.24) is 4.98 Å². The Bertz CT molecular complexity index is 645. The summed E-state index contributed by atoms with van der Waals surface area (Å²) in [6.07, 6.45) is 6.91. The van der Waals surface area contributed by atoms with Gasteiger partial charge in [0.15, 0.2) is 5.43 Å². The highest BCUT2D eigenvalue weighted by molar-refractivity contribution is 6.31. The van der Waals surface area contributed by atoms with Gasteiger partial charge in [0.25, 0.3) is 0 Å². The molecule has 0 atom stereocenters. The first-order valence-corrected chi connectivity index (χ1v) is 7.82. The van der Waals surface area contributed by atoms with Crippen molar-refractivity contribution >= 4 is 22.5 Å². The molecule has 0 aliphatic carbocycles. The number of nitrogens with one attached hydrogen (secondary N) is 1. The Kier molecular flexibility index (Phi) is 5.24. The predicted octanol–water partition coefficient (Wildman–Crippen LogP) is 5.00. The van der Waals surface area contributed by atoms with Gasteiger partial charge in [0, 0.05) is 27.2 Å². The largest absolute Gasteiger partial charge is 0.358 e. The molecule has 3 heteroatoms. The highest BCUT2D eigenvalue weighted by Gasteiger charge is 2.09. The molecule has 2 nitrogen and oxygen atoms in total. The molecule has 0 aliphatic rings. The Balaban J connectivity index is 2.22. The summed E-state index contributed by atoms with van der Waals surface area (Å²) in [7, 11) is 0. The normalized spacial score (nSPS) is 11.2. The third kappa shape index (κ3) is 3.43. The van der Waals surface area contributed by atoms with Crippen molar-refractivity contribution in [3.63, 3.8) is 0 Å². The number of aromatic nitrogens is 1. The molecule has 0 saturated carbocycles. The molecule has 1 heterocycles. The predicted molar refractivity (Wildman–Crippen MR) is 86.8 cm³/mol. The fourth-order valence-corrected chi connectivity index (χ4v) is 2.80. The van der Waals surface area contributed by atoms with Gasteiger partial charge in [-0.15, -0.1) is 0 Å². The van der Waals surface area contributed by atoms with Crippen molar-refractivity contribution in [3.05, 3.63) is 44.7 Å². The van der Waals surface area contributed by atoms with E-state index in [0.29, 0.717) is 10.4 Å². The van der Waals surface area contributed by atoms with E-state index in [1.807, 2.05) is 19.1 Å². The summed E-state index contributed by atoms with van der Waals surface area (Å²) in [6, 6.07) is 5.44. The van der Waals surface area contributed by atoms with E-state index in [-0.39, 0.29) is 5.43 Å². The second-order valence-electron chi connectivity index (χ2n) is 5.41. The molecule has 0 spiro atoms. The van der Waals surface area contributed by atoms with Gasteiger partial charge in [-0.25, -0.2) is 0 Å². The zero-order chi connectivity index (χ0) is 14.5. The van der Waals surface area contributed by atoms with Gasteiger partial charge in [-0.3, -0.25) is 4.79 Å². The summed E-state index contributed by atoms with van der Waals surface area (Å²) in [5.74, 6) is 0. The molecule has 0 radical (unpaired) electrons. The van der Waals surface area contributed by atoms with Crippen LogP contribution in [0, 0.1) is 6.92 Å². The van der Waals surface area contributed by atoms with Gasteiger partial charge in [0.05, 0.1) is 0 Å². The van der Waals surface area contributed by atoms with Gasteiger partial charge in [-0.1, -0.05) is 44.2 Å². The van der Waals surface area contributed by atoms with E-state index >= 15 is 0 Å². The Labute approximate surface area is 125 Å². The SMILES string of the molecule is CCCCCCCc1c(C)[nH]c2ccc(Cl)cc2c1=O. The van der Waals surface area contributed by atoms with E-state index in [1.54, 1.807) is 6.07 Å². The molecule has 0 unspecified atom stereocenters. The fraction of sp³-hybridized carbons (Fsp3) is 0.471. The number of pyridine rings is 1. The third-order valence-corrected chi connectivity index (χ3v) is 4.04. The molecule has 0 aliphatic heterocycles. The van der Waals surface area contributed by atoms with Crippen LogP contribution in [0.5, 0.6) is 0 Å². The van der Waals surface area contributed by atoms with Crippen LogP contribution in [0.15, 0.2) is 23.0 Å². The van der Waals surface area contributed by atoms with E-state index in [1.165, 1.54) is 25.7 Å². The molecule has 108 valence electrons. The molecule has 1 N–H and O–H groups in total. The average molecular weight is 292 g/mol. The lowest BCUT2D eigenvalue weighted by molar-refractivity contribution is 0.630. The first kappa shape index (κ1) is 15.1. The van der Waals surface area contributed by atoms with Crippen molar-refractivity contribution in [2.45, 2.75) is 52.4 Å². The summed E-state index contributed by atoms with van der Waals surface area (Å²) in [6.45, 7) is 4.19. The number of halogens is 1. The van der Waals surface area contributed by atoms with Crippen LogP contribution in [0.3, 0.4) is 0 Å². The summed E-state index contributed by atoms with van der Waals surface area (Å²) in [5.41, 5.74) is 2.90. The summed E-state index contributed by atoms with van der Waals surface area (Å²) >= 11 is 5.99. The van der Waals surface area contributed by atoms with Crippen LogP contribution < -0.4 is 5.43 Å². The van der Waals surface area contributed by atoms with E-state index < -0.39 is 0 Å². The number of fused-ring (bicyclic) bond motifs is 1. The first-order chi connectivity index (χ1) is 9.63. The number of benzene rings is 1. The van der Waals surface area contributed by atoms with Crippen LogP contribution in [-0.4, -0.2) is 4.98 Å². The molecule has 0 amide bonds. The summed E-state index contributed by atoms with van der Waals surface area (Å²) in [4.78, 5) is 15.9. The molecular formula is C17H22ClNO. The summed E-state index contributed by atoms with van der Waals surface area (Å²) in [5, 5.41) is 1.31. The quantitative estimate of drug-likeness (QED) is 0.746. The molecular weight excluding hydrogens is 270 g/mol. The van der Waals surface area contributed by atoms with Crippen molar-refractivity contribution < 1.29 is 0 Å². The lowest BCUT2D eigenvalue weighted by atomic mass is 10.0. The van der Waals surface area contributed by atoms with Gasteiger partial charge < -0.3 is 4.98 Å². The molecule has 20 heavy (non-hydrogen) atoms. The zero-order valence-electron chi connectivity index (χ0n) is 12.3. The molecule has 2 aromatic rings. The molecule has 1 aromatic carbocycles. The van der Waals surface area contributed by atoms with E-state index in [4.69, 9.17) is 11.6 Å². The van der Waals surface area contributed by atoms with Gasteiger partial charge >= 0.3 is 0 Å². The minimum absolute atomic E-state index is 0.134. The lowest BCUT2D eigenvalue weighted by Crippen LogP contribution is -2.13. The Hall–Kier alpha value is -1.28. The lowest BCUT2D eigenvalue weighted by Gasteiger charge is -2.08. The van der Waals surface area contributed by atoms with Gasteiger partial charge in [-0.05, 0) is 38.0 Å². The van der Waals surface area contributed by atoms with Crippen LogP contribution in [0.1, 0.15) is 50.3 Å². The van der Waals surface area contributed by atoms with Crippen molar-refractivity contribution in [1.29, 1.82) is 0 Å². The Morgan fingerprint density at radius 3 is 2.65 bits per heavy atom. The van der Waals surface area contributed by atoms with E-state index in [0.717, 1.165) is 29.6 Å². The second-order valence-corrected chi connectivity index (χ2v) is 5.85. The molecule has 0 fully saturated rings.